The summed E-state index contributed by atoms with van der Waals surface area (Å²) >= 11 is 0. The van der Waals surface area contributed by atoms with Crippen molar-refractivity contribution >= 4 is 18.7 Å². The van der Waals surface area contributed by atoms with Gasteiger partial charge in [-0.3, -0.25) is 10.1 Å². The molecular weight excluding hydrogens is 330 g/mol. The zero-order valence-corrected chi connectivity index (χ0v) is 16.7. The van der Waals surface area contributed by atoms with Crippen molar-refractivity contribution in [2.75, 3.05) is 6.61 Å². The second-order valence-corrected chi connectivity index (χ2v) is 12.3. The molecule has 0 aliphatic rings. The Bertz CT molecular complexity index is 669. The highest BCUT2D eigenvalue weighted by Crippen LogP contribution is 2.37. The third kappa shape index (κ3) is 3.83. The first-order chi connectivity index (χ1) is 11.6. The van der Waals surface area contributed by atoms with Gasteiger partial charge in [-0.1, -0.05) is 81.4 Å². The van der Waals surface area contributed by atoms with Crippen LogP contribution in [0.25, 0.3) is 0 Å². The van der Waals surface area contributed by atoms with Gasteiger partial charge < -0.3 is 4.43 Å². The lowest BCUT2D eigenvalue weighted by molar-refractivity contribution is -0.563. The predicted molar refractivity (Wildman–Crippen MR) is 105 cm³/mol. The van der Waals surface area contributed by atoms with E-state index in [0.717, 1.165) is 10.4 Å². The molecule has 134 valence electrons. The van der Waals surface area contributed by atoms with Gasteiger partial charge in [-0.15, -0.1) is 0 Å². The fraction of sp³-hybridized carbons (Fsp3) is 0.400. The van der Waals surface area contributed by atoms with Gasteiger partial charge in [0.1, 0.15) is 6.61 Å². The molecule has 0 aliphatic carbocycles. The predicted octanol–water partition coefficient (Wildman–Crippen LogP) is 3.62. The fourth-order valence-electron chi connectivity index (χ4n) is 3.10. The minimum absolute atomic E-state index is 0.0767. The van der Waals surface area contributed by atoms with E-state index in [0.29, 0.717) is 0 Å². The molecule has 0 N–H and O–H groups in total. The van der Waals surface area contributed by atoms with Crippen LogP contribution in [0.3, 0.4) is 0 Å². The van der Waals surface area contributed by atoms with Crippen LogP contribution in [0, 0.1) is 10.1 Å². The summed E-state index contributed by atoms with van der Waals surface area (Å²) in [5.41, 5.74) is -1.13. The number of hydrogen-bond acceptors (Lipinski definition) is 3. The summed E-state index contributed by atoms with van der Waals surface area (Å²) in [7, 11) is -2.71. The van der Waals surface area contributed by atoms with Crippen LogP contribution in [-0.2, 0) is 4.43 Å². The summed E-state index contributed by atoms with van der Waals surface area (Å²) in [6, 6.07) is 20.3. The van der Waals surface area contributed by atoms with E-state index in [1.807, 2.05) is 36.4 Å². The van der Waals surface area contributed by atoms with Crippen molar-refractivity contribution in [2.45, 2.75) is 45.2 Å². The van der Waals surface area contributed by atoms with E-state index in [4.69, 9.17) is 4.43 Å². The van der Waals surface area contributed by atoms with Gasteiger partial charge in [0.15, 0.2) is 0 Å². The number of rotatable bonds is 6. The minimum Gasteiger partial charge on any atom is -0.400 e. The Morgan fingerprint density at radius 2 is 1.28 bits per heavy atom. The zero-order valence-electron chi connectivity index (χ0n) is 15.7. The van der Waals surface area contributed by atoms with E-state index in [-0.39, 0.29) is 16.6 Å². The van der Waals surface area contributed by atoms with E-state index in [2.05, 4.69) is 45.0 Å². The SMILES string of the molecule is CC(C)(CO[Si](c1ccccc1)(c1ccccc1)C(C)(C)C)[N+](=O)[O-]. The Morgan fingerprint density at radius 1 is 0.880 bits per heavy atom. The molecule has 0 saturated carbocycles. The van der Waals surface area contributed by atoms with Gasteiger partial charge in [-0.2, -0.15) is 0 Å². The highest BCUT2D eigenvalue weighted by molar-refractivity contribution is 6.99. The second-order valence-electron chi connectivity index (χ2n) is 8.02. The molecule has 0 fully saturated rings. The normalized spacial score (nSPS) is 12.8. The molecule has 0 saturated heterocycles. The number of benzene rings is 2. The van der Waals surface area contributed by atoms with Crippen LogP contribution in [0.1, 0.15) is 34.6 Å². The van der Waals surface area contributed by atoms with Crippen molar-refractivity contribution in [1.29, 1.82) is 0 Å². The Balaban J connectivity index is 2.63. The number of nitro groups is 1. The molecule has 0 heterocycles. The van der Waals surface area contributed by atoms with Crippen LogP contribution >= 0.6 is 0 Å². The summed E-state index contributed by atoms with van der Waals surface area (Å²) < 4.78 is 6.59. The van der Waals surface area contributed by atoms with E-state index in [1.54, 1.807) is 13.8 Å². The molecule has 2 aromatic rings. The van der Waals surface area contributed by atoms with Crippen molar-refractivity contribution in [3.05, 3.63) is 70.8 Å². The first-order valence-electron chi connectivity index (χ1n) is 8.51. The molecule has 0 bridgehead atoms. The van der Waals surface area contributed by atoms with Crippen molar-refractivity contribution in [3.63, 3.8) is 0 Å². The highest BCUT2D eigenvalue weighted by Gasteiger charge is 2.51. The minimum atomic E-state index is -2.71. The molecule has 2 rings (SSSR count). The maximum absolute atomic E-state index is 11.4. The second kappa shape index (κ2) is 7.10. The van der Waals surface area contributed by atoms with Crippen molar-refractivity contribution in [3.8, 4) is 0 Å². The average Bonchev–Trinajstić information content (AvgIpc) is 2.56. The lowest BCUT2D eigenvalue weighted by Gasteiger charge is -2.43. The molecule has 0 aliphatic heterocycles. The van der Waals surface area contributed by atoms with Crippen molar-refractivity contribution < 1.29 is 9.35 Å². The first-order valence-corrected chi connectivity index (χ1v) is 10.4. The lowest BCUT2D eigenvalue weighted by atomic mass is 10.1. The summed E-state index contributed by atoms with van der Waals surface area (Å²) in [4.78, 5) is 11.1. The highest BCUT2D eigenvalue weighted by atomic mass is 28.4. The average molecular weight is 358 g/mol. The monoisotopic (exact) mass is 357 g/mol. The third-order valence-electron chi connectivity index (χ3n) is 4.55. The molecule has 0 radical (unpaired) electrons. The van der Waals surface area contributed by atoms with Crippen LogP contribution in [0.15, 0.2) is 60.7 Å². The number of hydrogen-bond donors (Lipinski definition) is 0. The number of nitrogens with zero attached hydrogens (tertiary/aromatic N) is 1. The Hall–Kier alpha value is -1.98. The Morgan fingerprint density at radius 3 is 1.60 bits per heavy atom. The van der Waals surface area contributed by atoms with Crippen LogP contribution in [0.2, 0.25) is 5.04 Å². The van der Waals surface area contributed by atoms with Crippen LogP contribution in [0.5, 0.6) is 0 Å². The van der Waals surface area contributed by atoms with E-state index < -0.39 is 13.9 Å². The quantitative estimate of drug-likeness (QED) is 0.451. The smallest absolute Gasteiger partial charge is 0.261 e. The summed E-state index contributed by atoms with van der Waals surface area (Å²) in [5.74, 6) is 0. The zero-order chi connectivity index (χ0) is 18.7. The van der Waals surface area contributed by atoms with Crippen molar-refractivity contribution in [2.24, 2.45) is 0 Å². The topological polar surface area (TPSA) is 52.4 Å². The largest absolute Gasteiger partial charge is 0.400 e. The first kappa shape index (κ1) is 19.3. The van der Waals surface area contributed by atoms with Gasteiger partial charge in [0, 0.05) is 18.8 Å². The van der Waals surface area contributed by atoms with Gasteiger partial charge in [0.2, 0.25) is 5.54 Å². The Kier molecular flexibility index (Phi) is 5.49. The fourth-order valence-corrected chi connectivity index (χ4v) is 7.82. The molecule has 5 heteroatoms. The van der Waals surface area contributed by atoms with Gasteiger partial charge in [0.25, 0.3) is 8.32 Å². The van der Waals surface area contributed by atoms with E-state index in [9.17, 15) is 10.1 Å². The van der Waals surface area contributed by atoms with Gasteiger partial charge in [-0.25, -0.2) is 0 Å². The van der Waals surface area contributed by atoms with Crippen molar-refractivity contribution in [1.82, 2.24) is 0 Å². The molecule has 0 atom stereocenters. The standard InChI is InChI=1S/C20H27NO3Si/c1-19(2,3)25(17-12-8-6-9-13-17,18-14-10-7-11-15-18)24-16-20(4,5)21(22)23/h6-15H,16H2,1-5H3. The van der Waals surface area contributed by atoms with Gasteiger partial charge in [-0.05, 0) is 15.4 Å². The summed E-state index contributed by atoms with van der Waals surface area (Å²) in [6.45, 7) is 9.80. The van der Waals surface area contributed by atoms with E-state index >= 15 is 0 Å². The molecule has 2 aromatic carbocycles. The molecule has 0 unspecified atom stereocenters. The van der Waals surface area contributed by atoms with E-state index in [1.165, 1.54) is 0 Å². The molecular formula is C20H27NO3Si. The molecule has 4 nitrogen and oxygen atoms in total. The van der Waals surface area contributed by atoms with Crippen LogP contribution in [0.4, 0.5) is 0 Å². The summed E-state index contributed by atoms with van der Waals surface area (Å²) in [6.07, 6.45) is 0. The van der Waals surface area contributed by atoms with Crippen LogP contribution in [-0.4, -0.2) is 25.4 Å². The van der Waals surface area contributed by atoms with Gasteiger partial charge in [0.05, 0.1) is 0 Å². The summed E-state index contributed by atoms with van der Waals surface area (Å²) in [5, 5.41) is 13.5. The third-order valence-corrected chi connectivity index (χ3v) is 9.54. The lowest BCUT2D eigenvalue weighted by Crippen LogP contribution is -2.67. The van der Waals surface area contributed by atoms with Gasteiger partial charge >= 0.3 is 0 Å². The maximum Gasteiger partial charge on any atom is 0.261 e. The molecule has 0 amide bonds. The molecule has 25 heavy (non-hydrogen) atoms. The molecule has 0 aromatic heterocycles. The maximum atomic E-state index is 11.4. The van der Waals surface area contributed by atoms with Crippen LogP contribution < -0.4 is 10.4 Å². The molecule has 0 spiro atoms. The Labute approximate surface area is 151 Å².